The summed E-state index contributed by atoms with van der Waals surface area (Å²) in [5.41, 5.74) is 5.59. The summed E-state index contributed by atoms with van der Waals surface area (Å²) in [4.78, 5) is 0. The van der Waals surface area contributed by atoms with E-state index in [-0.39, 0.29) is 12.6 Å². The Bertz CT molecular complexity index is 465. The molecular weight excluding hydrogens is 202 g/mol. The molecule has 0 amide bonds. The Labute approximate surface area is 94.5 Å². The standard InChI is InChI=1S/C13H15NO2/c14-11(8-15)9-16-13-7-3-5-10-4-1-2-6-12(10)13/h1-7,11,15H,8-9,14H2. The molecule has 0 radical (unpaired) electrons. The second-order valence-electron chi connectivity index (χ2n) is 3.73. The lowest BCUT2D eigenvalue weighted by Gasteiger charge is -2.12. The first-order valence-corrected chi connectivity index (χ1v) is 5.28. The number of benzene rings is 2. The van der Waals surface area contributed by atoms with Crippen LogP contribution in [0.2, 0.25) is 0 Å². The van der Waals surface area contributed by atoms with Crippen molar-refractivity contribution in [2.45, 2.75) is 6.04 Å². The zero-order chi connectivity index (χ0) is 11.4. The Morgan fingerprint density at radius 2 is 1.88 bits per heavy atom. The summed E-state index contributed by atoms with van der Waals surface area (Å²) in [7, 11) is 0. The zero-order valence-electron chi connectivity index (χ0n) is 8.97. The number of nitrogens with two attached hydrogens (primary N) is 1. The van der Waals surface area contributed by atoms with Crippen molar-refractivity contribution in [2.24, 2.45) is 5.73 Å². The van der Waals surface area contributed by atoms with Crippen LogP contribution in [-0.4, -0.2) is 24.4 Å². The van der Waals surface area contributed by atoms with Crippen LogP contribution in [0.15, 0.2) is 42.5 Å². The largest absolute Gasteiger partial charge is 0.491 e. The molecule has 0 saturated carbocycles. The Kier molecular flexibility index (Phi) is 3.39. The summed E-state index contributed by atoms with van der Waals surface area (Å²) in [5.74, 6) is 0.807. The number of fused-ring (bicyclic) bond motifs is 1. The highest BCUT2D eigenvalue weighted by molar-refractivity contribution is 5.88. The van der Waals surface area contributed by atoms with Crippen molar-refractivity contribution in [2.75, 3.05) is 13.2 Å². The molecule has 3 N–H and O–H groups in total. The van der Waals surface area contributed by atoms with E-state index in [0.717, 1.165) is 16.5 Å². The van der Waals surface area contributed by atoms with Crippen LogP contribution in [-0.2, 0) is 0 Å². The molecule has 1 unspecified atom stereocenters. The van der Waals surface area contributed by atoms with Gasteiger partial charge in [0.1, 0.15) is 12.4 Å². The summed E-state index contributed by atoms with van der Waals surface area (Å²) < 4.78 is 5.59. The fourth-order valence-electron chi connectivity index (χ4n) is 1.57. The van der Waals surface area contributed by atoms with Gasteiger partial charge in [-0.25, -0.2) is 0 Å². The number of rotatable bonds is 4. The Hall–Kier alpha value is -1.58. The molecule has 2 aromatic carbocycles. The molecule has 0 aliphatic rings. The molecule has 2 aromatic rings. The first-order valence-electron chi connectivity index (χ1n) is 5.28. The molecule has 0 aliphatic heterocycles. The van der Waals surface area contributed by atoms with Crippen molar-refractivity contribution in [3.8, 4) is 5.75 Å². The van der Waals surface area contributed by atoms with Crippen molar-refractivity contribution in [3.05, 3.63) is 42.5 Å². The fourth-order valence-corrected chi connectivity index (χ4v) is 1.57. The highest BCUT2D eigenvalue weighted by Gasteiger charge is 2.04. The van der Waals surface area contributed by atoms with Crippen molar-refractivity contribution in [1.82, 2.24) is 0 Å². The van der Waals surface area contributed by atoms with Gasteiger partial charge in [-0.3, -0.25) is 0 Å². The summed E-state index contributed by atoms with van der Waals surface area (Å²) >= 11 is 0. The normalized spacial score (nSPS) is 12.6. The van der Waals surface area contributed by atoms with E-state index in [1.165, 1.54) is 0 Å². The van der Waals surface area contributed by atoms with Crippen LogP contribution in [0, 0.1) is 0 Å². The minimum atomic E-state index is -0.334. The van der Waals surface area contributed by atoms with Crippen molar-refractivity contribution >= 4 is 10.8 Å². The van der Waals surface area contributed by atoms with Gasteiger partial charge in [0.2, 0.25) is 0 Å². The molecule has 3 nitrogen and oxygen atoms in total. The predicted molar refractivity (Wildman–Crippen MR) is 64.5 cm³/mol. The second kappa shape index (κ2) is 4.96. The Morgan fingerprint density at radius 1 is 1.12 bits per heavy atom. The van der Waals surface area contributed by atoms with E-state index in [2.05, 4.69) is 0 Å². The lowest BCUT2D eigenvalue weighted by molar-refractivity contribution is 0.208. The molecule has 0 aromatic heterocycles. The smallest absolute Gasteiger partial charge is 0.127 e. The van der Waals surface area contributed by atoms with E-state index in [0.29, 0.717) is 6.61 Å². The van der Waals surface area contributed by atoms with Gasteiger partial charge in [0.05, 0.1) is 12.6 Å². The number of hydrogen-bond donors (Lipinski definition) is 2. The van der Waals surface area contributed by atoms with E-state index in [4.69, 9.17) is 15.6 Å². The number of aliphatic hydroxyl groups excluding tert-OH is 1. The second-order valence-corrected chi connectivity index (χ2v) is 3.73. The number of aliphatic hydroxyl groups is 1. The molecule has 0 bridgehead atoms. The lowest BCUT2D eigenvalue weighted by atomic mass is 10.1. The van der Waals surface area contributed by atoms with Crippen LogP contribution in [0.3, 0.4) is 0 Å². The SMILES string of the molecule is NC(CO)COc1cccc2ccccc12. The van der Waals surface area contributed by atoms with Gasteiger partial charge in [0.25, 0.3) is 0 Å². The molecule has 3 heteroatoms. The molecule has 0 spiro atoms. The van der Waals surface area contributed by atoms with Crippen LogP contribution in [0.25, 0.3) is 10.8 Å². The van der Waals surface area contributed by atoms with Crippen molar-refractivity contribution < 1.29 is 9.84 Å². The zero-order valence-corrected chi connectivity index (χ0v) is 8.97. The molecule has 84 valence electrons. The summed E-state index contributed by atoms with van der Waals surface area (Å²) in [6, 6.07) is 13.6. The minimum Gasteiger partial charge on any atom is -0.491 e. The average molecular weight is 217 g/mol. The maximum absolute atomic E-state index is 8.82. The summed E-state index contributed by atoms with van der Waals surface area (Å²) in [6.45, 7) is 0.259. The van der Waals surface area contributed by atoms with Gasteiger partial charge in [0.15, 0.2) is 0 Å². The van der Waals surface area contributed by atoms with Gasteiger partial charge in [-0.2, -0.15) is 0 Å². The average Bonchev–Trinajstić information content (AvgIpc) is 2.35. The van der Waals surface area contributed by atoms with Gasteiger partial charge >= 0.3 is 0 Å². The monoisotopic (exact) mass is 217 g/mol. The minimum absolute atomic E-state index is 0.0647. The van der Waals surface area contributed by atoms with E-state index in [1.807, 2.05) is 42.5 Å². The van der Waals surface area contributed by atoms with Crippen LogP contribution in [0.1, 0.15) is 0 Å². The van der Waals surface area contributed by atoms with E-state index < -0.39 is 0 Å². The van der Waals surface area contributed by atoms with Crippen LogP contribution in [0.5, 0.6) is 5.75 Å². The van der Waals surface area contributed by atoms with E-state index in [9.17, 15) is 0 Å². The van der Waals surface area contributed by atoms with Gasteiger partial charge in [0, 0.05) is 5.39 Å². The first kappa shape index (κ1) is 10.9. The molecule has 0 aliphatic carbocycles. The number of hydrogen-bond acceptors (Lipinski definition) is 3. The molecular formula is C13H15NO2. The first-order chi connectivity index (χ1) is 7.81. The summed E-state index contributed by atoms with van der Waals surface area (Å²) in [5, 5.41) is 11.0. The maximum Gasteiger partial charge on any atom is 0.127 e. The molecule has 0 fully saturated rings. The van der Waals surface area contributed by atoms with Gasteiger partial charge in [-0.1, -0.05) is 36.4 Å². The topological polar surface area (TPSA) is 55.5 Å². The molecule has 2 rings (SSSR count). The van der Waals surface area contributed by atoms with Crippen molar-refractivity contribution in [1.29, 1.82) is 0 Å². The fraction of sp³-hybridized carbons (Fsp3) is 0.231. The third-order valence-electron chi connectivity index (χ3n) is 2.44. The van der Waals surface area contributed by atoms with Gasteiger partial charge < -0.3 is 15.6 Å². The van der Waals surface area contributed by atoms with Crippen LogP contribution < -0.4 is 10.5 Å². The van der Waals surface area contributed by atoms with Crippen LogP contribution in [0.4, 0.5) is 0 Å². The van der Waals surface area contributed by atoms with Crippen LogP contribution >= 0.6 is 0 Å². The predicted octanol–water partition coefficient (Wildman–Crippen LogP) is 1.54. The van der Waals surface area contributed by atoms with Gasteiger partial charge in [-0.05, 0) is 11.5 Å². The summed E-state index contributed by atoms with van der Waals surface area (Å²) in [6.07, 6.45) is 0. The Morgan fingerprint density at radius 3 is 2.69 bits per heavy atom. The van der Waals surface area contributed by atoms with Gasteiger partial charge in [-0.15, -0.1) is 0 Å². The number of ether oxygens (including phenoxy) is 1. The Balaban J connectivity index is 2.23. The molecule has 1 atom stereocenters. The molecule has 16 heavy (non-hydrogen) atoms. The quantitative estimate of drug-likeness (QED) is 0.816. The molecule has 0 heterocycles. The highest BCUT2D eigenvalue weighted by atomic mass is 16.5. The third-order valence-corrected chi connectivity index (χ3v) is 2.44. The highest BCUT2D eigenvalue weighted by Crippen LogP contribution is 2.24. The maximum atomic E-state index is 8.82. The third kappa shape index (κ3) is 2.32. The van der Waals surface area contributed by atoms with Crippen molar-refractivity contribution in [3.63, 3.8) is 0 Å². The molecule has 0 saturated heterocycles. The lowest BCUT2D eigenvalue weighted by Crippen LogP contribution is -2.31. The van der Waals surface area contributed by atoms with E-state index in [1.54, 1.807) is 0 Å². The van der Waals surface area contributed by atoms with E-state index >= 15 is 0 Å².